The number of hydrogen-bond donors (Lipinski definition) is 2. The van der Waals surface area contributed by atoms with Gasteiger partial charge < -0.3 is 5.32 Å². The lowest BCUT2D eigenvalue weighted by molar-refractivity contribution is 0.0982. The predicted octanol–water partition coefficient (Wildman–Crippen LogP) is 6.26. The molecule has 134 valence electrons. The highest BCUT2D eigenvalue weighted by Crippen LogP contribution is 2.36. The van der Waals surface area contributed by atoms with E-state index in [0.717, 1.165) is 26.9 Å². The van der Waals surface area contributed by atoms with Crippen molar-refractivity contribution in [1.29, 1.82) is 0 Å². The van der Waals surface area contributed by atoms with Crippen LogP contribution in [0.25, 0.3) is 10.1 Å². The summed E-state index contributed by atoms with van der Waals surface area (Å²) in [5, 5.41) is 7.86. The van der Waals surface area contributed by atoms with Crippen LogP contribution in [0.1, 0.15) is 26.4 Å². The van der Waals surface area contributed by atoms with Gasteiger partial charge in [-0.25, -0.2) is 0 Å². The first-order valence-corrected chi connectivity index (χ1v) is 9.82. The quantitative estimate of drug-likeness (QED) is 0.478. The van der Waals surface area contributed by atoms with Crippen LogP contribution in [0.4, 0.5) is 5.69 Å². The van der Waals surface area contributed by atoms with Gasteiger partial charge >= 0.3 is 0 Å². The van der Waals surface area contributed by atoms with E-state index < -0.39 is 0 Å². The van der Waals surface area contributed by atoms with Crippen LogP contribution in [0, 0.1) is 20.8 Å². The number of anilines is 1. The molecule has 0 saturated carbocycles. The Morgan fingerprint density at radius 2 is 1.73 bits per heavy atom. The van der Waals surface area contributed by atoms with Gasteiger partial charge in [0.2, 0.25) is 0 Å². The van der Waals surface area contributed by atoms with Gasteiger partial charge in [-0.2, -0.15) is 0 Å². The highest BCUT2D eigenvalue weighted by molar-refractivity contribution is 7.80. The first-order valence-electron chi connectivity index (χ1n) is 7.84. The van der Waals surface area contributed by atoms with Crippen LogP contribution in [-0.4, -0.2) is 11.0 Å². The van der Waals surface area contributed by atoms with Crippen molar-refractivity contribution in [2.75, 3.05) is 5.32 Å². The average molecular weight is 423 g/mol. The van der Waals surface area contributed by atoms with Crippen molar-refractivity contribution in [3.8, 4) is 0 Å². The van der Waals surface area contributed by atoms with Crippen LogP contribution >= 0.6 is 46.8 Å². The second-order valence-electron chi connectivity index (χ2n) is 6.07. The van der Waals surface area contributed by atoms with E-state index in [0.29, 0.717) is 14.9 Å². The van der Waals surface area contributed by atoms with Crippen LogP contribution in [0.15, 0.2) is 30.3 Å². The minimum atomic E-state index is -0.341. The number of benzene rings is 2. The standard InChI is InChI=1S/C19H16Cl2N2OS2/c1-9-6-10(2)16(11(3)7-9)22-19(25)23-18(24)17-15(21)13-5-4-12(20)8-14(13)26-17/h4-8H,1-3H3,(H2,22,23,24,25). The molecule has 0 spiro atoms. The molecule has 3 aromatic rings. The van der Waals surface area contributed by atoms with E-state index in [9.17, 15) is 4.79 Å². The van der Waals surface area contributed by atoms with Crippen molar-refractivity contribution in [3.63, 3.8) is 0 Å². The Balaban J connectivity index is 1.80. The number of carbonyl (C=O) groups is 1. The molecule has 3 rings (SSSR count). The van der Waals surface area contributed by atoms with Gasteiger partial charge in [-0.15, -0.1) is 11.3 Å². The Bertz CT molecular complexity index is 1020. The number of thiophene rings is 1. The zero-order valence-electron chi connectivity index (χ0n) is 14.4. The minimum absolute atomic E-state index is 0.233. The van der Waals surface area contributed by atoms with Crippen molar-refractivity contribution in [2.45, 2.75) is 20.8 Å². The lowest BCUT2D eigenvalue weighted by Gasteiger charge is -2.15. The fourth-order valence-corrected chi connectivity index (χ4v) is 4.75. The van der Waals surface area contributed by atoms with Gasteiger partial charge in [-0.05, 0) is 56.2 Å². The molecule has 26 heavy (non-hydrogen) atoms. The van der Waals surface area contributed by atoms with Gasteiger partial charge in [0.25, 0.3) is 5.91 Å². The molecule has 2 N–H and O–H groups in total. The number of hydrogen-bond acceptors (Lipinski definition) is 3. The second-order valence-corrected chi connectivity index (χ2v) is 8.34. The van der Waals surface area contributed by atoms with E-state index >= 15 is 0 Å². The number of carbonyl (C=O) groups excluding carboxylic acids is 1. The van der Waals surface area contributed by atoms with Crippen molar-refractivity contribution in [2.24, 2.45) is 0 Å². The summed E-state index contributed by atoms with van der Waals surface area (Å²) in [4.78, 5) is 13.0. The van der Waals surface area contributed by atoms with E-state index in [2.05, 4.69) is 22.8 Å². The van der Waals surface area contributed by atoms with Gasteiger partial charge in [-0.3, -0.25) is 10.1 Å². The van der Waals surface area contributed by atoms with Crippen LogP contribution in [0.2, 0.25) is 10.0 Å². The molecule has 0 fully saturated rings. The molecule has 0 bridgehead atoms. The van der Waals surface area contributed by atoms with Crippen molar-refractivity contribution >= 4 is 73.5 Å². The molecule has 0 radical (unpaired) electrons. The summed E-state index contributed by atoms with van der Waals surface area (Å²) in [6, 6.07) is 9.47. The highest BCUT2D eigenvalue weighted by Gasteiger charge is 2.18. The molecular formula is C19H16Cl2N2OS2. The Morgan fingerprint density at radius 1 is 1.08 bits per heavy atom. The Hall–Kier alpha value is -1.66. The van der Waals surface area contributed by atoms with Crippen LogP contribution in [-0.2, 0) is 0 Å². The molecule has 3 nitrogen and oxygen atoms in total. The van der Waals surface area contributed by atoms with Crippen LogP contribution in [0.5, 0.6) is 0 Å². The summed E-state index contributed by atoms with van der Waals surface area (Å²) in [5.41, 5.74) is 4.20. The Labute approximate surface area is 171 Å². The number of amides is 1. The number of halogens is 2. The molecule has 7 heteroatoms. The third-order valence-electron chi connectivity index (χ3n) is 3.94. The van der Waals surface area contributed by atoms with Crippen molar-refractivity contribution in [3.05, 3.63) is 61.9 Å². The Kier molecular flexibility index (Phi) is 5.53. The lowest BCUT2D eigenvalue weighted by atomic mass is 10.1. The zero-order chi connectivity index (χ0) is 19.0. The molecule has 0 aliphatic rings. The first-order chi connectivity index (χ1) is 12.3. The average Bonchev–Trinajstić information content (AvgIpc) is 2.87. The maximum atomic E-state index is 12.6. The highest BCUT2D eigenvalue weighted by atomic mass is 35.5. The summed E-state index contributed by atoms with van der Waals surface area (Å²) in [6.45, 7) is 6.04. The topological polar surface area (TPSA) is 41.1 Å². The van der Waals surface area contributed by atoms with E-state index in [1.54, 1.807) is 12.1 Å². The second kappa shape index (κ2) is 7.53. The number of aryl methyl sites for hydroxylation is 3. The molecule has 0 saturated heterocycles. The maximum absolute atomic E-state index is 12.6. The predicted molar refractivity (Wildman–Crippen MR) is 116 cm³/mol. The summed E-state index contributed by atoms with van der Waals surface area (Å²) in [6.07, 6.45) is 0. The summed E-state index contributed by atoms with van der Waals surface area (Å²) in [5.74, 6) is -0.341. The minimum Gasteiger partial charge on any atom is -0.332 e. The lowest BCUT2D eigenvalue weighted by Crippen LogP contribution is -2.34. The largest absolute Gasteiger partial charge is 0.332 e. The molecular weight excluding hydrogens is 407 g/mol. The molecule has 0 atom stereocenters. The van der Waals surface area contributed by atoms with Crippen molar-refractivity contribution < 1.29 is 4.79 Å². The maximum Gasteiger partial charge on any atom is 0.269 e. The molecule has 0 unspecified atom stereocenters. The van der Waals surface area contributed by atoms with Gasteiger partial charge in [0.1, 0.15) is 4.88 Å². The molecule has 1 heterocycles. The van der Waals surface area contributed by atoms with Gasteiger partial charge in [-0.1, -0.05) is 47.0 Å². The van der Waals surface area contributed by atoms with E-state index in [1.807, 2.05) is 26.8 Å². The molecule has 0 aliphatic carbocycles. The fraction of sp³-hybridized carbons (Fsp3) is 0.158. The molecule has 2 aromatic carbocycles. The fourth-order valence-electron chi connectivity index (χ4n) is 2.87. The van der Waals surface area contributed by atoms with Gasteiger partial charge in [0, 0.05) is 20.8 Å². The van der Waals surface area contributed by atoms with Gasteiger partial charge in [0.05, 0.1) is 5.02 Å². The molecule has 1 amide bonds. The summed E-state index contributed by atoms with van der Waals surface area (Å²) >= 11 is 19.0. The number of nitrogens with one attached hydrogen (secondary N) is 2. The van der Waals surface area contributed by atoms with Crippen LogP contribution in [0.3, 0.4) is 0 Å². The van der Waals surface area contributed by atoms with Gasteiger partial charge in [0.15, 0.2) is 5.11 Å². The molecule has 1 aromatic heterocycles. The number of rotatable bonds is 2. The summed E-state index contributed by atoms with van der Waals surface area (Å²) < 4.78 is 0.858. The Morgan fingerprint density at radius 3 is 2.38 bits per heavy atom. The monoisotopic (exact) mass is 422 g/mol. The first kappa shape index (κ1) is 19.1. The normalized spacial score (nSPS) is 10.8. The number of thiocarbonyl (C=S) groups is 1. The van der Waals surface area contributed by atoms with E-state index in [1.165, 1.54) is 16.9 Å². The third kappa shape index (κ3) is 3.86. The van der Waals surface area contributed by atoms with Crippen LogP contribution < -0.4 is 10.6 Å². The third-order valence-corrected chi connectivity index (χ3v) is 6.04. The number of fused-ring (bicyclic) bond motifs is 1. The van der Waals surface area contributed by atoms with E-state index in [4.69, 9.17) is 35.4 Å². The smallest absolute Gasteiger partial charge is 0.269 e. The van der Waals surface area contributed by atoms with Crippen molar-refractivity contribution in [1.82, 2.24) is 5.32 Å². The molecule has 0 aliphatic heterocycles. The van der Waals surface area contributed by atoms with E-state index in [-0.39, 0.29) is 11.0 Å². The summed E-state index contributed by atoms with van der Waals surface area (Å²) in [7, 11) is 0. The zero-order valence-corrected chi connectivity index (χ0v) is 17.5. The SMILES string of the molecule is Cc1cc(C)c(NC(=S)NC(=O)c2sc3cc(Cl)ccc3c2Cl)c(C)c1.